The first-order chi connectivity index (χ1) is 11.3. The third kappa shape index (κ3) is 6.78. The molecule has 1 atom stereocenters. The van der Waals surface area contributed by atoms with Crippen LogP contribution < -0.4 is 10.6 Å². The van der Waals surface area contributed by atoms with Crippen molar-refractivity contribution in [2.45, 2.75) is 19.4 Å². The highest BCUT2D eigenvalue weighted by Crippen LogP contribution is 2.10. The van der Waals surface area contributed by atoms with Crippen molar-refractivity contribution in [3.8, 4) is 0 Å². The molecule has 0 heterocycles. The number of imide groups is 1. The number of ether oxygens (including phenoxy) is 2. The minimum atomic E-state index is -1.15. The van der Waals surface area contributed by atoms with Crippen molar-refractivity contribution in [1.29, 1.82) is 0 Å². The Morgan fingerprint density at radius 3 is 2.38 bits per heavy atom. The molecule has 0 aromatic heterocycles. The van der Waals surface area contributed by atoms with Gasteiger partial charge in [-0.05, 0) is 31.2 Å². The monoisotopic (exact) mass is 400 g/mol. The number of hydrogen-bond donors (Lipinski definition) is 2. The Morgan fingerprint density at radius 2 is 1.79 bits per heavy atom. The number of carbonyl (C=O) groups is 4. The van der Waals surface area contributed by atoms with E-state index in [1.807, 2.05) is 5.32 Å². The lowest BCUT2D eigenvalue weighted by molar-refractivity contribution is -0.154. The first-order valence-electron chi connectivity index (χ1n) is 6.95. The maximum absolute atomic E-state index is 11.8. The van der Waals surface area contributed by atoms with E-state index in [0.29, 0.717) is 5.56 Å². The number of benzene rings is 1. The number of esters is 1. The van der Waals surface area contributed by atoms with E-state index in [-0.39, 0.29) is 18.9 Å². The molecular formula is C15H17BrN2O6. The standard InChI is InChI=1S/C15H17BrN2O6/c1-9(13(20)18-15(22)23-2)24-12(19)7-8-17-14(21)10-3-5-11(16)6-4-10/h3-6,9H,7-8H2,1-2H3,(H,17,21)(H,18,20,22)/t9-/m0/s1. The van der Waals surface area contributed by atoms with Crippen LogP contribution in [0.15, 0.2) is 28.7 Å². The zero-order valence-electron chi connectivity index (χ0n) is 13.1. The maximum atomic E-state index is 11.8. The van der Waals surface area contributed by atoms with Gasteiger partial charge >= 0.3 is 12.1 Å². The summed E-state index contributed by atoms with van der Waals surface area (Å²) in [5.41, 5.74) is 0.456. The number of hydrogen-bond acceptors (Lipinski definition) is 6. The van der Waals surface area contributed by atoms with Gasteiger partial charge < -0.3 is 14.8 Å². The van der Waals surface area contributed by atoms with Crippen molar-refractivity contribution >= 4 is 39.8 Å². The molecule has 0 aliphatic carbocycles. The van der Waals surface area contributed by atoms with E-state index in [4.69, 9.17) is 4.74 Å². The molecule has 130 valence electrons. The molecule has 1 aromatic carbocycles. The van der Waals surface area contributed by atoms with Crippen LogP contribution in [0.4, 0.5) is 4.79 Å². The van der Waals surface area contributed by atoms with E-state index in [0.717, 1.165) is 11.6 Å². The average Bonchev–Trinajstić information content (AvgIpc) is 2.54. The van der Waals surface area contributed by atoms with E-state index in [1.165, 1.54) is 6.92 Å². The largest absolute Gasteiger partial charge is 0.453 e. The normalized spacial score (nSPS) is 11.1. The van der Waals surface area contributed by atoms with Gasteiger partial charge in [0.15, 0.2) is 6.10 Å². The summed E-state index contributed by atoms with van der Waals surface area (Å²) in [5.74, 6) is -1.81. The molecule has 3 amide bonds. The summed E-state index contributed by atoms with van der Waals surface area (Å²) in [6.45, 7) is 1.37. The number of carbonyl (C=O) groups excluding carboxylic acids is 4. The lowest BCUT2D eigenvalue weighted by Gasteiger charge is -2.12. The highest BCUT2D eigenvalue weighted by atomic mass is 79.9. The van der Waals surface area contributed by atoms with Crippen LogP contribution in [0.5, 0.6) is 0 Å². The highest BCUT2D eigenvalue weighted by Gasteiger charge is 2.20. The van der Waals surface area contributed by atoms with Gasteiger partial charge in [-0.25, -0.2) is 4.79 Å². The third-order valence-electron chi connectivity index (χ3n) is 2.81. The fourth-order valence-electron chi connectivity index (χ4n) is 1.54. The lowest BCUT2D eigenvalue weighted by atomic mass is 10.2. The predicted molar refractivity (Wildman–Crippen MR) is 87.2 cm³/mol. The molecule has 8 nitrogen and oxygen atoms in total. The van der Waals surface area contributed by atoms with Crippen LogP contribution >= 0.6 is 15.9 Å². The fraction of sp³-hybridized carbons (Fsp3) is 0.333. The molecule has 0 radical (unpaired) electrons. The van der Waals surface area contributed by atoms with Gasteiger partial charge in [0.05, 0.1) is 13.5 Å². The Morgan fingerprint density at radius 1 is 1.17 bits per heavy atom. The van der Waals surface area contributed by atoms with E-state index in [9.17, 15) is 19.2 Å². The molecule has 0 fully saturated rings. The van der Waals surface area contributed by atoms with E-state index in [2.05, 4.69) is 26.0 Å². The summed E-state index contributed by atoms with van der Waals surface area (Å²) in [7, 11) is 1.10. The van der Waals surface area contributed by atoms with Gasteiger partial charge in [0.2, 0.25) is 0 Å². The predicted octanol–water partition coefficient (Wildman–Crippen LogP) is 1.38. The second kappa shape index (κ2) is 9.66. The number of nitrogens with one attached hydrogen (secondary N) is 2. The second-order valence-corrected chi connectivity index (χ2v) is 5.54. The number of alkyl carbamates (subject to hydrolysis) is 1. The van der Waals surface area contributed by atoms with Crippen molar-refractivity contribution in [1.82, 2.24) is 10.6 Å². The summed E-state index contributed by atoms with van der Waals surface area (Å²) in [5, 5.41) is 4.45. The lowest BCUT2D eigenvalue weighted by Crippen LogP contribution is -2.39. The minimum Gasteiger partial charge on any atom is -0.453 e. The Labute approximate surface area is 147 Å². The van der Waals surface area contributed by atoms with Gasteiger partial charge in [0.25, 0.3) is 11.8 Å². The van der Waals surface area contributed by atoms with Gasteiger partial charge in [-0.1, -0.05) is 15.9 Å². The van der Waals surface area contributed by atoms with Crippen molar-refractivity contribution in [2.24, 2.45) is 0 Å². The molecule has 0 spiro atoms. The average molecular weight is 401 g/mol. The SMILES string of the molecule is COC(=O)NC(=O)[C@H](C)OC(=O)CCNC(=O)c1ccc(Br)cc1. The summed E-state index contributed by atoms with van der Waals surface area (Å²) in [6.07, 6.45) is -2.21. The molecule has 24 heavy (non-hydrogen) atoms. The summed E-state index contributed by atoms with van der Waals surface area (Å²) >= 11 is 3.27. The first-order valence-corrected chi connectivity index (χ1v) is 7.75. The number of amides is 3. The molecule has 0 bridgehead atoms. The molecule has 1 aromatic rings. The topological polar surface area (TPSA) is 111 Å². The van der Waals surface area contributed by atoms with Crippen LogP contribution in [0, 0.1) is 0 Å². The van der Waals surface area contributed by atoms with Crippen LogP contribution in [0.25, 0.3) is 0 Å². The highest BCUT2D eigenvalue weighted by molar-refractivity contribution is 9.10. The van der Waals surface area contributed by atoms with Gasteiger partial charge in [0.1, 0.15) is 0 Å². The quantitative estimate of drug-likeness (QED) is 0.697. The van der Waals surface area contributed by atoms with Gasteiger partial charge in [-0.15, -0.1) is 0 Å². The zero-order chi connectivity index (χ0) is 18.1. The van der Waals surface area contributed by atoms with Crippen LogP contribution in [0.3, 0.4) is 0 Å². The Hall–Kier alpha value is -2.42. The molecule has 0 unspecified atom stereocenters. The van der Waals surface area contributed by atoms with Gasteiger partial charge in [-0.3, -0.25) is 19.7 Å². The summed E-state index contributed by atoms with van der Waals surface area (Å²) in [6, 6.07) is 6.73. The molecule has 9 heteroatoms. The Kier molecular flexibility index (Phi) is 7.90. The van der Waals surface area contributed by atoms with Crippen molar-refractivity contribution < 1.29 is 28.7 Å². The van der Waals surface area contributed by atoms with Crippen LogP contribution in [0.1, 0.15) is 23.7 Å². The van der Waals surface area contributed by atoms with Crippen molar-refractivity contribution in [2.75, 3.05) is 13.7 Å². The molecule has 0 aliphatic rings. The molecule has 0 saturated carbocycles. The summed E-state index contributed by atoms with van der Waals surface area (Å²) < 4.78 is 9.95. The number of rotatable bonds is 6. The number of methoxy groups -OCH3 is 1. The molecular weight excluding hydrogens is 384 g/mol. The molecule has 2 N–H and O–H groups in total. The third-order valence-corrected chi connectivity index (χ3v) is 3.34. The van der Waals surface area contributed by atoms with Crippen molar-refractivity contribution in [3.05, 3.63) is 34.3 Å². The Balaban J connectivity index is 2.33. The molecule has 0 aliphatic heterocycles. The molecule has 1 rings (SSSR count). The first kappa shape index (κ1) is 19.6. The van der Waals surface area contributed by atoms with Crippen molar-refractivity contribution in [3.63, 3.8) is 0 Å². The number of halogens is 1. The van der Waals surface area contributed by atoms with E-state index in [1.54, 1.807) is 24.3 Å². The van der Waals surface area contributed by atoms with E-state index < -0.39 is 24.1 Å². The van der Waals surface area contributed by atoms with Crippen LogP contribution in [-0.4, -0.2) is 43.6 Å². The summed E-state index contributed by atoms with van der Waals surface area (Å²) in [4.78, 5) is 45.8. The fourth-order valence-corrected chi connectivity index (χ4v) is 1.81. The van der Waals surface area contributed by atoms with Gasteiger partial charge in [0, 0.05) is 16.6 Å². The van der Waals surface area contributed by atoms with Crippen LogP contribution in [0.2, 0.25) is 0 Å². The second-order valence-electron chi connectivity index (χ2n) is 4.63. The molecule has 0 saturated heterocycles. The maximum Gasteiger partial charge on any atom is 0.413 e. The zero-order valence-corrected chi connectivity index (χ0v) is 14.7. The van der Waals surface area contributed by atoms with E-state index >= 15 is 0 Å². The van der Waals surface area contributed by atoms with Gasteiger partial charge in [-0.2, -0.15) is 0 Å². The minimum absolute atomic E-state index is 0.0546. The van der Waals surface area contributed by atoms with Crippen LogP contribution in [-0.2, 0) is 19.1 Å². The Bertz CT molecular complexity index is 617. The smallest absolute Gasteiger partial charge is 0.413 e.